The normalized spacial score (nSPS) is 15.1. The fraction of sp³-hybridized carbons (Fsp3) is 0.381. The Morgan fingerprint density at radius 3 is 2.27 bits per heavy atom. The predicted molar refractivity (Wildman–Crippen MR) is 115 cm³/mol. The van der Waals surface area contributed by atoms with Crippen molar-refractivity contribution >= 4 is 34.6 Å². The van der Waals surface area contributed by atoms with Gasteiger partial charge in [-0.1, -0.05) is 19.3 Å². The molecule has 1 aromatic heterocycles. The Morgan fingerprint density at radius 1 is 1.00 bits per heavy atom. The number of nitrogens with zero attached hydrogens (tertiary/aromatic N) is 2. The monoisotopic (exact) mass is 436 g/mol. The van der Waals surface area contributed by atoms with Crippen LogP contribution < -0.4 is 15.5 Å². The van der Waals surface area contributed by atoms with Crippen molar-refractivity contribution in [2.45, 2.75) is 38.3 Å². The molecule has 2 N–H and O–H groups in total. The molecule has 1 aliphatic heterocycles. The van der Waals surface area contributed by atoms with Gasteiger partial charge in [-0.3, -0.25) is 15.1 Å². The molecule has 2 aromatic rings. The maximum absolute atomic E-state index is 13.3. The van der Waals surface area contributed by atoms with Crippen molar-refractivity contribution in [3.05, 3.63) is 53.9 Å². The summed E-state index contributed by atoms with van der Waals surface area (Å²) >= 11 is 5.20. The van der Waals surface area contributed by atoms with Gasteiger partial charge in [-0.25, -0.2) is 0 Å². The summed E-state index contributed by atoms with van der Waals surface area (Å²) in [4.78, 5) is 18.2. The van der Waals surface area contributed by atoms with Crippen LogP contribution in [0, 0.1) is 0 Å². The fourth-order valence-corrected chi connectivity index (χ4v) is 3.61. The first-order valence-corrected chi connectivity index (χ1v) is 10.2. The van der Waals surface area contributed by atoms with Gasteiger partial charge < -0.3 is 10.2 Å². The lowest BCUT2D eigenvalue weighted by Gasteiger charge is -2.29. The summed E-state index contributed by atoms with van der Waals surface area (Å²) in [6, 6.07) is 6.64. The van der Waals surface area contributed by atoms with Crippen LogP contribution in [0.3, 0.4) is 0 Å². The molecule has 30 heavy (non-hydrogen) atoms. The van der Waals surface area contributed by atoms with Crippen molar-refractivity contribution in [1.29, 1.82) is 0 Å². The average Bonchev–Trinajstić information content (AvgIpc) is 2.68. The first-order valence-electron chi connectivity index (χ1n) is 9.83. The van der Waals surface area contributed by atoms with Crippen LogP contribution in [0.1, 0.15) is 48.0 Å². The zero-order valence-corrected chi connectivity index (χ0v) is 17.2. The Morgan fingerprint density at radius 2 is 1.63 bits per heavy atom. The molecule has 1 fully saturated rings. The molecule has 160 valence electrons. The molecule has 1 aliphatic rings. The molecule has 3 rings (SSSR count). The number of alkyl halides is 3. The van der Waals surface area contributed by atoms with E-state index in [4.69, 9.17) is 12.2 Å². The van der Waals surface area contributed by atoms with Gasteiger partial charge in [0.05, 0.1) is 16.9 Å². The Bertz CT molecular complexity index is 882. The second-order valence-corrected chi connectivity index (χ2v) is 7.54. The standard InChI is InChI=1S/C21H23F3N4OS/c22-21(23,24)16-6-7-18(28-12-4-2-1-3-5-13-28)17(14-16)26-20(30)27-19(29)15-8-10-25-11-9-15/h6-11,14H,1-5,12-13H2,(H2,26,27,29,30). The second kappa shape index (κ2) is 9.88. The van der Waals surface area contributed by atoms with Crippen molar-refractivity contribution in [1.82, 2.24) is 10.3 Å². The summed E-state index contributed by atoms with van der Waals surface area (Å²) in [6.07, 6.45) is 3.79. The van der Waals surface area contributed by atoms with Crippen molar-refractivity contribution in [2.24, 2.45) is 0 Å². The van der Waals surface area contributed by atoms with Gasteiger partial charge in [-0.2, -0.15) is 13.2 Å². The first-order chi connectivity index (χ1) is 14.3. The number of carbonyl (C=O) groups is 1. The summed E-state index contributed by atoms with van der Waals surface area (Å²) in [6.45, 7) is 1.52. The highest BCUT2D eigenvalue weighted by Crippen LogP contribution is 2.36. The van der Waals surface area contributed by atoms with Gasteiger partial charge in [-0.15, -0.1) is 0 Å². The van der Waals surface area contributed by atoms with E-state index in [0.29, 0.717) is 11.3 Å². The smallest absolute Gasteiger partial charge is 0.370 e. The third-order valence-corrected chi connectivity index (χ3v) is 5.14. The molecule has 0 unspecified atom stereocenters. The van der Waals surface area contributed by atoms with E-state index in [9.17, 15) is 18.0 Å². The van der Waals surface area contributed by atoms with Gasteiger partial charge in [0.2, 0.25) is 0 Å². The van der Waals surface area contributed by atoms with Crippen molar-refractivity contribution in [3.63, 3.8) is 0 Å². The van der Waals surface area contributed by atoms with Crippen LogP contribution in [0.25, 0.3) is 0 Å². The van der Waals surface area contributed by atoms with Gasteiger partial charge in [-0.05, 0) is 55.4 Å². The summed E-state index contributed by atoms with van der Waals surface area (Å²) in [5.74, 6) is -0.463. The summed E-state index contributed by atoms with van der Waals surface area (Å²) in [7, 11) is 0. The van der Waals surface area contributed by atoms with Gasteiger partial charge in [0, 0.05) is 31.0 Å². The van der Waals surface area contributed by atoms with Gasteiger partial charge in [0.15, 0.2) is 5.11 Å². The average molecular weight is 437 g/mol. The van der Waals surface area contributed by atoms with Crippen molar-refractivity contribution < 1.29 is 18.0 Å². The predicted octanol–water partition coefficient (Wildman–Crippen LogP) is 5.00. The number of halogens is 3. The van der Waals surface area contributed by atoms with Crippen molar-refractivity contribution in [2.75, 3.05) is 23.3 Å². The van der Waals surface area contributed by atoms with Crippen LogP contribution in [0.2, 0.25) is 0 Å². The largest absolute Gasteiger partial charge is 0.416 e. The van der Waals surface area contributed by atoms with Gasteiger partial charge in [0.25, 0.3) is 5.91 Å². The van der Waals surface area contributed by atoms with Crippen LogP contribution in [0.4, 0.5) is 24.5 Å². The molecular weight excluding hydrogens is 413 g/mol. The van der Waals surface area contributed by atoms with E-state index < -0.39 is 17.6 Å². The van der Waals surface area contributed by atoms with Crippen LogP contribution in [-0.2, 0) is 6.18 Å². The van der Waals surface area contributed by atoms with Crippen LogP contribution in [0.5, 0.6) is 0 Å². The number of rotatable bonds is 3. The van der Waals surface area contributed by atoms with E-state index in [-0.39, 0.29) is 10.8 Å². The maximum Gasteiger partial charge on any atom is 0.416 e. The van der Waals surface area contributed by atoms with Crippen LogP contribution in [0.15, 0.2) is 42.7 Å². The first kappa shape index (κ1) is 22.0. The molecule has 9 heteroatoms. The molecule has 1 saturated heterocycles. The molecule has 0 spiro atoms. The Kier molecular flexibility index (Phi) is 7.25. The van der Waals surface area contributed by atoms with E-state index in [1.54, 1.807) is 0 Å². The molecule has 0 aliphatic carbocycles. The van der Waals surface area contributed by atoms with Gasteiger partial charge in [0.1, 0.15) is 0 Å². The number of benzene rings is 1. The Labute approximate surface area is 178 Å². The zero-order valence-electron chi connectivity index (χ0n) is 16.3. The lowest BCUT2D eigenvalue weighted by atomic mass is 10.1. The van der Waals surface area contributed by atoms with E-state index in [1.807, 2.05) is 0 Å². The molecule has 0 radical (unpaired) electrons. The molecule has 0 bridgehead atoms. The highest BCUT2D eigenvalue weighted by Gasteiger charge is 2.31. The number of nitrogens with one attached hydrogen (secondary N) is 2. The summed E-state index contributed by atoms with van der Waals surface area (Å²) < 4.78 is 39.8. The van der Waals surface area contributed by atoms with Crippen molar-refractivity contribution in [3.8, 4) is 0 Å². The quantitative estimate of drug-likeness (QED) is 0.664. The highest BCUT2D eigenvalue weighted by molar-refractivity contribution is 7.80. The highest BCUT2D eigenvalue weighted by atomic mass is 32.1. The molecule has 0 atom stereocenters. The molecule has 1 aromatic carbocycles. The molecule has 5 nitrogen and oxygen atoms in total. The lowest BCUT2D eigenvalue weighted by Crippen LogP contribution is -2.35. The fourth-order valence-electron chi connectivity index (χ4n) is 3.41. The molecule has 0 saturated carbocycles. The number of amides is 1. The third-order valence-electron chi connectivity index (χ3n) is 4.94. The number of anilines is 2. The summed E-state index contributed by atoms with van der Waals surface area (Å²) in [5, 5.41) is 5.24. The zero-order chi connectivity index (χ0) is 21.6. The lowest BCUT2D eigenvalue weighted by molar-refractivity contribution is -0.137. The second-order valence-electron chi connectivity index (χ2n) is 7.13. The Balaban J connectivity index is 1.82. The molecule has 1 amide bonds. The van der Waals surface area contributed by atoms with E-state index >= 15 is 0 Å². The number of aromatic nitrogens is 1. The number of hydrogen-bond donors (Lipinski definition) is 2. The Hall–Kier alpha value is -2.68. The third kappa shape index (κ3) is 5.91. The number of pyridine rings is 1. The maximum atomic E-state index is 13.3. The van der Waals surface area contributed by atoms with Gasteiger partial charge >= 0.3 is 6.18 Å². The topological polar surface area (TPSA) is 57.3 Å². The van der Waals surface area contributed by atoms with Crippen LogP contribution in [-0.4, -0.2) is 29.1 Å². The minimum absolute atomic E-state index is 0.0653. The minimum Gasteiger partial charge on any atom is -0.370 e. The number of hydrogen-bond acceptors (Lipinski definition) is 4. The van der Waals surface area contributed by atoms with Crippen LogP contribution >= 0.6 is 12.2 Å². The molecule has 2 heterocycles. The molecular formula is C21H23F3N4OS. The van der Waals surface area contributed by atoms with E-state index in [2.05, 4.69) is 20.5 Å². The number of carbonyl (C=O) groups excluding carboxylic acids is 1. The number of thiocarbonyl (C=S) groups is 1. The van der Waals surface area contributed by atoms with E-state index in [0.717, 1.165) is 50.9 Å². The minimum atomic E-state index is -4.48. The van der Waals surface area contributed by atoms with E-state index in [1.165, 1.54) is 37.0 Å². The SMILES string of the molecule is O=C(NC(=S)Nc1cc(C(F)(F)F)ccc1N1CCCCCCC1)c1ccncc1. The summed E-state index contributed by atoms with van der Waals surface area (Å²) in [5.41, 5.74) is 0.446.